The predicted molar refractivity (Wildman–Crippen MR) is 104 cm³/mol. The number of carbonyl (C=O) groups is 3. The fourth-order valence-corrected chi connectivity index (χ4v) is 3.02. The van der Waals surface area contributed by atoms with Crippen LogP contribution in [0.5, 0.6) is 0 Å². The highest BCUT2D eigenvalue weighted by Crippen LogP contribution is 2.21. The summed E-state index contributed by atoms with van der Waals surface area (Å²) in [4.78, 5) is 38.4. The number of ether oxygens (including phenoxy) is 2. The van der Waals surface area contributed by atoms with E-state index in [1.807, 2.05) is 30.3 Å². The second kappa shape index (κ2) is 9.57. The molecule has 7 nitrogen and oxygen atoms in total. The van der Waals surface area contributed by atoms with Crippen LogP contribution in [0.1, 0.15) is 52.5 Å². The van der Waals surface area contributed by atoms with Gasteiger partial charge in [-0.15, -0.1) is 0 Å². The first-order valence-electron chi connectivity index (χ1n) is 9.65. The molecule has 1 saturated heterocycles. The topological polar surface area (TPSA) is 84.9 Å². The van der Waals surface area contributed by atoms with Gasteiger partial charge in [-0.1, -0.05) is 30.3 Å². The lowest BCUT2D eigenvalue weighted by Gasteiger charge is -2.28. The first-order valence-corrected chi connectivity index (χ1v) is 9.65. The van der Waals surface area contributed by atoms with Crippen LogP contribution in [-0.4, -0.2) is 47.1 Å². The number of likely N-dealkylation sites (tertiary alicyclic amines) is 1. The van der Waals surface area contributed by atoms with Gasteiger partial charge in [0.1, 0.15) is 18.2 Å². The predicted octanol–water partition coefficient (Wildman–Crippen LogP) is 3.02. The van der Waals surface area contributed by atoms with Crippen LogP contribution in [0.4, 0.5) is 4.79 Å². The number of nitrogens with zero attached hydrogens (tertiary/aromatic N) is 1. The summed E-state index contributed by atoms with van der Waals surface area (Å²) in [5.41, 5.74) is 0.294. The van der Waals surface area contributed by atoms with Gasteiger partial charge in [-0.05, 0) is 46.1 Å². The van der Waals surface area contributed by atoms with E-state index in [-0.39, 0.29) is 24.9 Å². The quantitative estimate of drug-likeness (QED) is 0.755. The third-order valence-electron chi connectivity index (χ3n) is 4.29. The number of esters is 1. The molecular weight excluding hydrogens is 360 g/mol. The minimum Gasteiger partial charge on any atom is -0.461 e. The lowest BCUT2D eigenvalue weighted by Crippen LogP contribution is -2.49. The number of rotatable bonds is 6. The lowest BCUT2D eigenvalue weighted by atomic mass is 10.1. The van der Waals surface area contributed by atoms with Crippen molar-refractivity contribution in [1.29, 1.82) is 0 Å². The van der Waals surface area contributed by atoms with Crippen molar-refractivity contribution < 1.29 is 23.9 Å². The van der Waals surface area contributed by atoms with Gasteiger partial charge in [0, 0.05) is 12.6 Å². The van der Waals surface area contributed by atoms with E-state index in [2.05, 4.69) is 5.32 Å². The Morgan fingerprint density at radius 3 is 2.54 bits per heavy atom. The molecule has 0 radical (unpaired) electrons. The van der Waals surface area contributed by atoms with Gasteiger partial charge in [0.2, 0.25) is 5.91 Å². The van der Waals surface area contributed by atoms with Crippen LogP contribution in [0.3, 0.4) is 0 Å². The molecule has 0 bridgehead atoms. The lowest BCUT2D eigenvalue weighted by molar-refractivity contribution is -0.145. The van der Waals surface area contributed by atoms with Crippen molar-refractivity contribution >= 4 is 18.0 Å². The molecule has 1 N–H and O–H groups in total. The van der Waals surface area contributed by atoms with Crippen LogP contribution in [0, 0.1) is 0 Å². The Morgan fingerprint density at radius 1 is 1.21 bits per heavy atom. The van der Waals surface area contributed by atoms with Crippen LogP contribution >= 0.6 is 0 Å². The second-order valence-electron chi connectivity index (χ2n) is 8.09. The van der Waals surface area contributed by atoms with E-state index >= 15 is 0 Å². The van der Waals surface area contributed by atoms with Crippen molar-refractivity contribution in [1.82, 2.24) is 10.2 Å². The number of carbonyl (C=O) groups excluding carboxylic acids is 3. The van der Waals surface area contributed by atoms with Crippen molar-refractivity contribution in [3.05, 3.63) is 35.9 Å². The Labute approximate surface area is 166 Å². The first kappa shape index (κ1) is 21.7. The zero-order chi connectivity index (χ0) is 20.7. The van der Waals surface area contributed by atoms with Crippen LogP contribution in [0.15, 0.2) is 30.3 Å². The van der Waals surface area contributed by atoms with Crippen molar-refractivity contribution in [3.63, 3.8) is 0 Å². The molecule has 2 atom stereocenters. The van der Waals surface area contributed by atoms with Gasteiger partial charge < -0.3 is 14.8 Å². The molecule has 2 rings (SSSR count). The van der Waals surface area contributed by atoms with Crippen molar-refractivity contribution in [2.75, 3.05) is 6.54 Å². The SMILES string of the molecule is C[C@H](CC(=O)OCc1ccccc1)NC(=O)[C@@H]1CCCN1C(=O)OC(C)(C)C. The summed E-state index contributed by atoms with van der Waals surface area (Å²) >= 11 is 0. The van der Waals surface area contributed by atoms with Gasteiger partial charge in [-0.25, -0.2) is 4.79 Å². The Bertz CT molecular complexity index is 684. The minimum absolute atomic E-state index is 0.0672. The van der Waals surface area contributed by atoms with E-state index in [0.29, 0.717) is 13.0 Å². The molecule has 1 aliphatic rings. The number of amides is 2. The van der Waals surface area contributed by atoms with Gasteiger partial charge in [-0.2, -0.15) is 0 Å². The van der Waals surface area contributed by atoms with E-state index in [4.69, 9.17) is 9.47 Å². The van der Waals surface area contributed by atoms with Crippen LogP contribution < -0.4 is 5.32 Å². The molecular formula is C21H30N2O5. The fraction of sp³-hybridized carbons (Fsp3) is 0.571. The van der Waals surface area contributed by atoms with E-state index in [1.54, 1.807) is 27.7 Å². The van der Waals surface area contributed by atoms with Crippen molar-refractivity contribution in [3.8, 4) is 0 Å². The van der Waals surface area contributed by atoms with Gasteiger partial charge >= 0.3 is 12.1 Å². The molecule has 28 heavy (non-hydrogen) atoms. The molecule has 1 aromatic carbocycles. The Kier molecular flexibility index (Phi) is 7.43. The Balaban J connectivity index is 1.80. The molecule has 1 aromatic rings. The van der Waals surface area contributed by atoms with E-state index < -0.39 is 23.8 Å². The maximum atomic E-state index is 12.6. The van der Waals surface area contributed by atoms with Crippen LogP contribution in [0.2, 0.25) is 0 Å². The molecule has 2 amide bonds. The second-order valence-corrected chi connectivity index (χ2v) is 8.09. The number of hydrogen-bond donors (Lipinski definition) is 1. The standard InChI is InChI=1S/C21H30N2O5/c1-15(13-18(24)27-14-16-9-6-5-7-10-16)22-19(25)17-11-8-12-23(17)20(26)28-21(2,3)4/h5-7,9-10,15,17H,8,11-14H2,1-4H3,(H,22,25)/t15-,17+/m1/s1. The maximum Gasteiger partial charge on any atom is 0.410 e. The summed E-state index contributed by atoms with van der Waals surface area (Å²) in [7, 11) is 0. The number of hydrogen-bond acceptors (Lipinski definition) is 5. The fourth-order valence-electron chi connectivity index (χ4n) is 3.02. The maximum absolute atomic E-state index is 12.6. The van der Waals surface area contributed by atoms with E-state index in [1.165, 1.54) is 4.90 Å². The van der Waals surface area contributed by atoms with Crippen molar-refractivity contribution in [2.45, 2.75) is 71.2 Å². The average molecular weight is 390 g/mol. The number of benzene rings is 1. The number of nitrogens with one attached hydrogen (secondary N) is 1. The normalized spacial score (nSPS) is 17.7. The van der Waals surface area contributed by atoms with Gasteiger partial charge in [0.15, 0.2) is 0 Å². The summed E-state index contributed by atoms with van der Waals surface area (Å²) in [5, 5.41) is 2.81. The highest BCUT2D eigenvalue weighted by Gasteiger charge is 2.37. The summed E-state index contributed by atoms with van der Waals surface area (Å²) in [6.45, 7) is 7.81. The summed E-state index contributed by atoms with van der Waals surface area (Å²) in [5.74, 6) is -0.654. The van der Waals surface area contributed by atoms with Gasteiger partial charge in [0.25, 0.3) is 0 Å². The Morgan fingerprint density at radius 2 is 1.89 bits per heavy atom. The highest BCUT2D eigenvalue weighted by molar-refractivity contribution is 5.86. The zero-order valence-electron chi connectivity index (χ0n) is 17.1. The third kappa shape index (κ3) is 6.87. The molecule has 7 heteroatoms. The molecule has 0 spiro atoms. The highest BCUT2D eigenvalue weighted by atomic mass is 16.6. The Hall–Kier alpha value is -2.57. The molecule has 0 aliphatic carbocycles. The van der Waals surface area contributed by atoms with Crippen LogP contribution in [0.25, 0.3) is 0 Å². The van der Waals surface area contributed by atoms with Gasteiger partial charge in [-0.3, -0.25) is 14.5 Å². The van der Waals surface area contributed by atoms with Crippen LogP contribution in [-0.2, 0) is 25.7 Å². The molecule has 0 unspecified atom stereocenters. The van der Waals surface area contributed by atoms with Gasteiger partial charge in [0.05, 0.1) is 6.42 Å². The minimum atomic E-state index is -0.615. The monoisotopic (exact) mass is 390 g/mol. The molecule has 1 fully saturated rings. The summed E-state index contributed by atoms with van der Waals surface area (Å²) in [6.07, 6.45) is 0.902. The average Bonchev–Trinajstić information content (AvgIpc) is 3.09. The molecule has 154 valence electrons. The summed E-state index contributed by atoms with van der Waals surface area (Å²) < 4.78 is 10.6. The third-order valence-corrected chi connectivity index (χ3v) is 4.29. The smallest absolute Gasteiger partial charge is 0.410 e. The molecule has 1 aliphatic heterocycles. The molecule has 1 heterocycles. The molecule has 0 aromatic heterocycles. The van der Waals surface area contributed by atoms with E-state index in [0.717, 1.165) is 12.0 Å². The van der Waals surface area contributed by atoms with Crippen molar-refractivity contribution in [2.24, 2.45) is 0 Å². The van der Waals surface area contributed by atoms with E-state index in [9.17, 15) is 14.4 Å². The zero-order valence-corrected chi connectivity index (χ0v) is 17.1. The molecule has 0 saturated carbocycles. The largest absolute Gasteiger partial charge is 0.461 e. The first-order chi connectivity index (χ1) is 13.2. The summed E-state index contributed by atoms with van der Waals surface area (Å²) in [6, 6.07) is 8.45.